The lowest BCUT2D eigenvalue weighted by atomic mass is 9.92. The Hall–Kier alpha value is 0.270. The molecular weight excluding hydrogens is 194 g/mol. The lowest BCUT2D eigenvalue weighted by Gasteiger charge is -2.38. The Morgan fingerprint density at radius 1 is 1.50 bits per heavy atom. The molecule has 1 fully saturated rings. The zero-order valence-electron chi connectivity index (χ0n) is 9.75. The summed E-state index contributed by atoms with van der Waals surface area (Å²) in [6, 6.07) is 0. The molecule has 0 aromatic heterocycles. The third-order valence-corrected chi connectivity index (χ3v) is 4.21. The minimum atomic E-state index is -0.182. The number of aliphatic hydroxyl groups excluding tert-OH is 1. The van der Waals surface area contributed by atoms with E-state index in [-0.39, 0.29) is 17.1 Å². The van der Waals surface area contributed by atoms with Crippen LogP contribution in [0.15, 0.2) is 0 Å². The second kappa shape index (κ2) is 4.03. The fourth-order valence-electron chi connectivity index (χ4n) is 1.98. The van der Waals surface area contributed by atoms with Crippen molar-refractivity contribution in [3.8, 4) is 0 Å². The number of thiol groups is 1. The molecule has 0 aliphatic carbocycles. The van der Waals surface area contributed by atoms with Crippen molar-refractivity contribution in [2.24, 2.45) is 5.41 Å². The predicted octanol–water partition coefficient (Wildman–Crippen LogP) is 1.79. The highest BCUT2D eigenvalue weighted by Gasteiger charge is 2.41. The van der Waals surface area contributed by atoms with Gasteiger partial charge < -0.3 is 5.11 Å². The molecule has 3 heteroatoms. The van der Waals surface area contributed by atoms with Crippen molar-refractivity contribution in [3.05, 3.63) is 0 Å². The van der Waals surface area contributed by atoms with Gasteiger partial charge in [-0.2, -0.15) is 12.6 Å². The third-order valence-electron chi connectivity index (χ3n) is 3.35. The van der Waals surface area contributed by atoms with E-state index in [1.165, 1.54) is 0 Å². The van der Waals surface area contributed by atoms with E-state index in [0.29, 0.717) is 0 Å². The van der Waals surface area contributed by atoms with Crippen LogP contribution in [0.4, 0.5) is 0 Å². The first-order chi connectivity index (χ1) is 6.29. The maximum Gasteiger partial charge on any atom is 0.0730 e. The molecule has 0 amide bonds. The number of nitrogens with zero attached hydrogens (tertiary/aromatic N) is 1. The molecule has 1 heterocycles. The van der Waals surface area contributed by atoms with Gasteiger partial charge in [0.05, 0.1) is 6.10 Å². The van der Waals surface area contributed by atoms with Crippen molar-refractivity contribution in [2.45, 2.75) is 45.8 Å². The number of hydrogen-bond acceptors (Lipinski definition) is 3. The van der Waals surface area contributed by atoms with Crippen LogP contribution in [0.25, 0.3) is 0 Å². The zero-order valence-corrected chi connectivity index (χ0v) is 10.6. The van der Waals surface area contributed by atoms with E-state index in [4.69, 9.17) is 0 Å². The molecular formula is C11H23NOS. The van der Waals surface area contributed by atoms with Gasteiger partial charge in [0.15, 0.2) is 0 Å². The van der Waals surface area contributed by atoms with Crippen LogP contribution in [0.3, 0.4) is 0 Å². The summed E-state index contributed by atoms with van der Waals surface area (Å²) in [6.07, 6.45) is 0.716. The van der Waals surface area contributed by atoms with Crippen LogP contribution in [0.1, 0.15) is 34.1 Å². The molecule has 1 N–H and O–H groups in total. The Morgan fingerprint density at radius 3 is 2.43 bits per heavy atom. The van der Waals surface area contributed by atoms with Gasteiger partial charge >= 0.3 is 0 Å². The van der Waals surface area contributed by atoms with Crippen LogP contribution in [0.2, 0.25) is 0 Å². The fourth-order valence-corrected chi connectivity index (χ4v) is 2.08. The SMILES string of the molecule is CC(C)(CS)CN1CCC(O)C1(C)C. The van der Waals surface area contributed by atoms with Gasteiger partial charge in [0.1, 0.15) is 0 Å². The average Bonchev–Trinajstić information content (AvgIpc) is 2.32. The van der Waals surface area contributed by atoms with E-state index in [1.807, 2.05) is 0 Å². The molecule has 1 unspecified atom stereocenters. The highest BCUT2D eigenvalue weighted by Crippen LogP contribution is 2.32. The maximum absolute atomic E-state index is 9.84. The molecule has 0 spiro atoms. The second-order valence-electron chi connectivity index (χ2n) is 5.70. The zero-order chi connectivity index (χ0) is 11.0. The number of hydrogen-bond donors (Lipinski definition) is 2. The number of rotatable bonds is 3. The van der Waals surface area contributed by atoms with E-state index in [0.717, 1.165) is 25.3 Å². The van der Waals surface area contributed by atoms with Gasteiger partial charge in [-0.1, -0.05) is 13.8 Å². The molecule has 14 heavy (non-hydrogen) atoms. The van der Waals surface area contributed by atoms with Crippen molar-refractivity contribution in [2.75, 3.05) is 18.8 Å². The Morgan fingerprint density at radius 2 is 2.07 bits per heavy atom. The summed E-state index contributed by atoms with van der Waals surface area (Å²) in [5, 5.41) is 9.84. The number of likely N-dealkylation sites (tertiary alicyclic amines) is 1. The summed E-state index contributed by atoms with van der Waals surface area (Å²) < 4.78 is 0. The van der Waals surface area contributed by atoms with Crippen LogP contribution in [0, 0.1) is 5.41 Å². The lowest BCUT2D eigenvalue weighted by Crippen LogP contribution is -2.48. The standard InChI is InChI=1S/C11H23NOS/c1-10(2,8-14)7-12-6-5-9(13)11(12,3)4/h9,13-14H,5-8H2,1-4H3. The molecule has 1 saturated heterocycles. The molecule has 0 radical (unpaired) electrons. The summed E-state index contributed by atoms with van der Waals surface area (Å²) in [7, 11) is 0. The van der Waals surface area contributed by atoms with Crippen LogP contribution in [-0.4, -0.2) is 40.5 Å². The summed E-state index contributed by atoms with van der Waals surface area (Å²) >= 11 is 4.36. The van der Waals surface area contributed by atoms with Crippen molar-refractivity contribution in [1.29, 1.82) is 0 Å². The first kappa shape index (κ1) is 12.3. The van der Waals surface area contributed by atoms with E-state index < -0.39 is 0 Å². The largest absolute Gasteiger partial charge is 0.391 e. The smallest absolute Gasteiger partial charge is 0.0730 e. The number of aliphatic hydroxyl groups is 1. The molecule has 0 aromatic carbocycles. The van der Waals surface area contributed by atoms with Crippen LogP contribution < -0.4 is 0 Å². The first-order valence-corrected chi connectivity index (χ1v) is 5.97. The van der Waals surface area contributed by atoms with Crippen molar-refractivity contribution in [1.82, 2.24) is 4.90 Å². The molecule has 0 bridgehead atoms. The Kier molecular flexibility index (Phi) is 3.55. The molecule has 0 aromatic rings. The van der Waals surface area contributed by atoms with Crippen molar-refractivity contribution < 1.29 is 5.11 Å². The van der Waals surface area contributed by atoms with Gasteiger partial charge in [-0.15, -0.1) is 0 Å². The van der Waals surface area contributed by atoms with Crippen molar-refractivity contribution >= 4 is 12.6 Å². The highest BCUT2D eigenvalue weighted by atomic mass is 32.1. The quantitative estimate of drug-likeness (QED) is 0.704. The molecule has 0 saturated carbocycles. The molecule has 1 aliphatic heterocycles. The monoisotopic (exact) mass is 217 g/mol. The predicted molar refractivity (Wildman–Crippen MR) is 63.9 cm³/mol. The first-order valence-electron chi connectivity index (χ1n) is 5.33. The van der Waals surface area contributed by atoms with Crippen LogP contribution in [0.5, 0.6) is 0 Å². The van der Waals surface area contributed by atoms with E-state index >= 15 is 0 Å². The van der Waals surface area contributed by atoms with Gasteiger partial charge in [0.2, 0.25) is 0 Å². The second-order valence-corrected chi connectivity index (χ2v) is 6.02. The average molecular weight is 217 g/mol. The van der Waals surface area contributed by atoms with Gasteiger partial charge in [-0.3, -0.25) is 4.90 Å². The van der Waals surface area contributed by atoms with Crippen LogP contribution in [-0.2, 0) is 0 Å². The van der Waals surface area contributed by atoms with Gasteiger partial charge in [-0.05, 0) is 31.4 Å². The Labute approximate surface area is 93.1 Å². The van der Waals surface area contributed by atoms with Crippen molar-refractivity contribution in [3.63, 3.8) is 0 Å². The van der Waals surface area contributed by atoms with Crippen LogP contribution >= 0.6 is 12.6 Å². The summed E-state index contributed by atoms with van der Waals surface area (Å²) in [4.78, 5) is 2.38. The fraction of sp³-hybridized carbons (Fsp3) is 1.00. The normalized spacial score (nSPS) is 28.3. The summed E-state index contributed by atoms with van der Waals surface area (Å²) in [5.74, 6) is 0.885. The summed E-state index contributed by atoms with van der Waals surface area (Å²) in [5.41, 5.74) is 0.157. The van der Waals surface area contributed by atoms with E-state index in [9.17, 15) is 5.11 Å². The lowest BCUT2D eigenvalue weighted by molar-refractivity contribution is 0.0385. The molecule has 1 rings (SSSR count). The van der Waals surface area contributed by atoms with Gasteiger partial charge in [0, 0.05) is 18.6 Å². The molecule has 1 aliphatic rings. The third kappa shape index (κ3) is 2.44. The Bertz CT molecular complexity index is 203. The van der Waals surface area contributed by atoms with Gasteiger partial charge in [0.25, 0.3) is 0 Å². The van der Waals surface area contributed by atoms with E-state index in [1.54, 1.807) is 0 Å². The summed E-state index contributed by atoms with van der Waals surface area (Å²) in [6.45, 7) is 10.7. The maximum atomic E-state index is 9.84. The minimum absolute atomic E-state index is 0.0692. The Balaban J connectivity index is 2.63. The highest BCUT2D eigenvalue weighted by molar-refractivity contribution is 7.80. The molecule has 84 valence electrons. The minimum Gasteiger partial charge on any atom is -0.391 e. The molecule has 1 atom stereocenters. The van der Waals surface area contributed by atoms with Gasteiger partial charge in [-0.25, -0.2) is 0 Å². The molecule has 2 nitrogen and oxygen atoms in total. The topological polar surface area (TPSA) is 23.5 Å². The van der Waals surface area contributed by atoms with E-state index in [2.05, 4.69) is 45.2 Å².